The SMILES string of the molecule is NCCC(N1CCCC(C(N)=O)C1)C(F)(F)F. The molecule has 17 heavy (non-hydrogen) atoms. The van der Waals surface area contributed by atoms with Crippen LogP contribution < -0.4 is 11.5 Å². The first-order valence-corrected chi connectivity index (χ1v) is 5.66. The molecule has 0 aromatic carbocycles. The van der Waals surface area contributed by atoms with Crippen LogP contribution in [0.15, 0.2) is 0 Å². The molecule has 0 bridgehead atoms. The molecule has 100 valence electrons. The number of rotatable bonds is 4. The molecular formula is C10H18F3N3O. The van der Waals surface area contributed by atoms with E-state index in [-0.39, 0.29) is 19.5 Å². The molecule has 7 heteroatoms. The highest BCUT2D eigenvalue weighted by Crippen LogP contribution is 2.30. The van der Waals surface area contributed by atoms with E-state index in [4.69, 9.17) is 11.5 Å². The van der Waals surface area contributed by atoms with Crippen LogP contribution in [-0.4, -0.2) is 42.7 Å². The molecule has 2 unspecified atom stereocenters. The molecule has 4 nitrogen and oxygen atoms in total. The monoisotopic (exact) mass is 253 g/mol. The van der Waals surface area contributed by atoms with Crippen molar-refractivity contribution in [2.24, 2.45) is 17.4 Å². The quantitative estimate of drug-likeness (QED) is 0.764. The molecule has 1 rings (SSSR count). The molecule has 0 aromatic heterocycles. The molecule has 0 aliphatic carbocycles. The zero-order chi connectivity index (χ0) is 13.1. The smallest absolute Gasteiger partial charge is 0.369 e. The van der Waals surface area contributed by atoms with Crippen molar-refractivity contribution in [3.05, 3.63) is 0 Å². The van der Waals surface area contributed by atoms with Crippen molar-refractivity contribution in [2.75, 3.05) is 19.6 Å². The third kappa shape index (κ3) is 3.85. The standard InChI is InChI=1S/C10H18F3N3O/c11-10(12,13)8(3-4-14)16-5-1-2-7(6-16)9(15)17/h7-8H,1-6,14H2,(H2,15,17). The Hall–Kier alpha value is -0.820. The Bertz CT molecular complexity index is 270. The Morgan fingerprint density at radius 3 is 2.59 bits per heavy atom. The van der Waals surface area contributed by atoms with E-state index < -0.39 is 24.0 Å². The Labute approximate surface area is 98.1 Å². The highest BCUT2D eigenvalue weighted by Gasteiger charge is 2.44. The van der Waals surface area contributed by atoms with Gasteiger partial charge in [0.2, 0.25) is 5.91 Å². The number of carbonyl (C=O) groups is 1. The van der Waals surface area contributed by atoms with Gasteiger partial charge in [-0.25, -0.2) is 0 Å². The maximum Gasteiger partial charge on any atom is 0.404 e. The van der Waals surface area contributed by atoms with E-state index in [1.54, 1.807) is 0 Å². The second kappa shape index (κ2) is 5.68. The number of amides is 1. The Kier molecular flexibility index (Phi) is 4.76. The normalized spacial score (nSPS) is 24.6. The highest BCUT2D eigenvalue weighted by molar-refractivity contribution is 5.76. The van der Waals surface area contributed by atoms with Crippen LogP contribution in [0.1, 0.15) is 19.3 Å². The van der Waals surface area contributed by atoms with E-state index in [1.807, 2.05) is 0 Å². The van der Waals surface area contributed by atoms with Gasteiger partial charge in [-0.1, -0.05) is 0 Å². The van der Waals surface area contributed by atoms with E-state index >= 15 is 0 Å². The predicted octanol–water partition coefficient (Wildman–Crippen LogP) is 0.463. The molecule has 1 aliphatic heterocycles. The lowest BCUT2D eigenvalue weighted by Gasteiger charge is -2.38. The van der Waals surface area contributed by atoms with Gasteiger partial charge in [-0.3, -0.25) is 9.69 Å². The summed E-state index contributed by atoms with van der Waals surface area (Å²) in [5.74, 6) is -1.00. The average molecular weight is 253 g/mol. The molecular weight excluding hydrogens is 235 g/mol. The Morgan fingerprint density at radius 2 is 2.12 bits per heavy atom. The fraction of sp³-hybridized carbons (Fsp3) is 0.900. The number of halogens is 3. The van der Waals surface area contributed by atoms with Crippen molar-refractivity contribution >= 4 is 5.91 Å². The van der Waals surface area contributed by atoms with Gasteiger partial charge in [-0.05, 0) is 32.4 Å². The summed E-state index contributed by atoms with van der Waals surface area (Å²) < 4.78 is 38.4. The molecule has 0 radical (unpaired) electrons. The van der Waals surface area contributed by atoms with Gasteiger partial charge in [0.15, 0.2) is 0 Å². The average Bonchev–Trinajstić information content (AvgIpc) is 2.24. The van der Waals surface area contributed by atoms with Gasteiger partial charge in [-0.15, -0.1) is 0 Å². The number of hydrogen-bond donors (Lipinski definition) is 2. The number of primary amides is 1. The number of piperidine rings is 1. The summed E-state index contributed by atoms with van der Waals surface area (Å²) in [5, 5.41) is 0. The van der Waals surface area contributed by atoms with Gasteiger partial charge in [0, 0.05) is 6.54 Å². The van der Waals surface area contributed by atoms with Crippen molar-refractivity contribution in [1.82, 2.24) is 4.90 Å². The van der Waals surface area contributed by atoms with Crippen LogP contribution >= 0.6 is 0 Å². The van der Waals surface area contributed by atoms with Gasteiger partial charge in [0.25, 0.3) is 0 Å². The fourth-order valence-electron chi connectivity index (χ4n) is 2.23. The van der Waals surface area contributed by atoms with E-state index in [2.05, 4.69) is 0 Å². The minimum absolute atomic E-state index is 0.0259. The summed E-state index contributed by atoms with van der Waals surface area (Å²) >= 11 is 0. The molecule has 1 fully saturated rings. The Morgan fingerprint density at radius 1 is 1.47 bits per heavy atom. The molecule has 0 aromatic rings. The van der Waals surface area contributed by atoms with Crippen molar-refractivity contribution in [3.63, 3.8) is 0 Å². The molecule has 2 atom stereocenters. The van der Waals surface area contributed by atoms with Crippen molar-refractivity contribution in [2.45, 2.75) is 31.5 Å². The third-order valence-corrected chi connectivity index (χ3v) is 3.11. The summed E-state index contributed by atoms with van der Waals surface area (Å²) in [5.41, 5.74) is 10.3. The first-order valence-electron chi connectivity index (χ1n) is 5.66. The second-order valence-electron chi connectivity index (χ2n) is 4.37. The maximum atomic E-state index is 12.8. The summed E-state index contributed by atoms with van der Waals surface area (Å²) in [7, 11) is 0. The third-order valence-electron chi connectivity index (χ3n) is 3.11. The highest BCUT2D eigenvalue weighted by atomic mass is 19.4. The molecule has 0 saturated carbocycles. The molecule has 1 amide bonds. The first-order chi connectivity index (χ1) is 7.86. The number of nitrogens with zero attached hydrogens (tertiary/aromatic N) is 1. The lowest BCUT2D eigenvalue weighted by Crippen LogP contribution is -2.52. The molecule has 1 heterocycles. The van der Waals surface area contributed by atoms with E-state index in [1.165, 1.54) is 4.90 Å². The number of alkyl halides is 3. The fourth-order valence-corrected chi connectivity index (χ4v) is 2.23. The van der Waals surface area contributed by atoms with Crippen LogP contribution in [0.4, 0.5) is 13.2 Å². The van der Waals surface area contributed by atoms with Crippen LogP contribution in [-0.2, 0) is 4.79 Å². The lowest BCUT2D eigenvalue weighted by atomic mass is 9.95. The zero-order valence-corrected chi connectivity index (χ0v) is 9.54. The molecule has 1 aliphatic rings. The summed E-state index contributed by atoms with van der Waals surface area (Å²) in [6.07, 6.45) is -3.32. The van der Waals surface area contributed by atoms with Crippen LogP contribution in [0.3, 0.4) is 0 Å². The van der Waals surface area contributed by atoms with Crippen LogP contribution in [0.2, 0.25) is 0 Å². The maximum absolute atomic E-state index is 12.8. The second-order valence-corrected chi connectivity index (χ2v) is 4.37. The van der Waals surface area contributed by atoms with Crippen LogP contribution in [0.5, 0.6) is 0 Å². The summed E-state index contributed by atoms with van der Waals surface area (Å²) in [6.45, 7) is 0.398. The van der Waals surface area contributed by atoms with Crippen LogP contribution in [0, 0.1) is 5.92 Å². The topological polar surface area (TPSA) is 72.3 Å². The zero-order valence-electron chi connectivity index (χ0n) is 9.54. The van der Waals surface area contributed by atoms with Crippen molar-refractivity contribution < 1.29 is 18.0 Å². The minimum atomic E-state index is -4.31. The van der Waals surface area contributed by atoms with E-state index in [9.17, 15) is 18.0 Å². The van der Waals surface area contributed by atoms with Crippen molar-refractivity contribution in [1.29, 1.82) is 0 Å². The molecule has 0 spiro atoms. The van der Waals surface area contributed by atoms with Gasteiger partial charge in [0.1, 0.15) is 6.04 Å². The minimum Gasteiger partial charge on any atom is -0.369 e. The summed E-state index contributed by atoms with van der Waals surface area (Å²) in [6, 6.07) is -1.56. The van der Waals surface area contributed by atoms with Gasteiger partial charge >= 0.3 is 6.18 Å². The molecule has 4 N–H and O–H groups in total. The van der Waals surface area contributed by atoms with E-state index in [0.717, 1.165) is 0 Å². The number of carbonyl (C=O) groups excluding carboxylic acids is 1. The largest absolute Gasteiger partial charge is 0.404 e. The summed E-state index contributed by atoms with van der Waals surface area (Å²) in [4.78, 5) is 12.3. The van der Waals surface area contributed by atoms with E-state index in [0.29, 0.717) is 19.4 Å². The van der Waals surface area contributed by atoms with Gasteiger partial charge < -0.3 is 11.5 Å². The molecule has 1 saturated heterocycles. The Balaban J connectivity index is 2.70. The van der Waals surface area contributed by atoms with Crippen LogP contribution in [0.25, 0.3) is 0 Å². The lowest BCUT2D eigenvalue weighted by molar-refractivity contribution is -0.189. The predicted molar refractivity (Wildman–Crippen MR) is 57.0 cm³/mol. The van der Waals surface area contributed by atoms with Gasteiger partial charge in [0.05, 0.1) is 5.92 Å². The number of likely N-dealkylation sites (tertiary alicyclic amines) is 1. The van der Waals surface area contributed by atoms with Crippen molar-refractivity contribution in [3.8, 4) is 0 Å². The number of nitrogens with two attached hydrogens (primary N) is 2. The first kappa shape index (κ1) is 14.2. The van der Waals surface area contributed by atoms with Gasteiger partial charge in [-0.2, -0.15) is 13.2 Å². The number of hydrogen-bond acceptors (Lipinski definition) is 3.